The van der Waals surface area contributed by atoms with E-state index in [1.54, 1.807) is 0 Å². The topological polar surface area (TPSA) is 29.3 Å². The zero-order valence-electron chi connectivity index (χ0n) is 10.0. The van der Waals surface area contributed by atoms with Crippen molar-refractivity contribution in [3.63, 3.8) is 0 Å². The van der Waals surface area contributed by atoms with E-state index in [0.29, 0.717) is 0 Å². The first-order valence-corrected chi connectivity index (χ1v) is 5.57. The van der Waals surface area contributed by atoms with Crippen LogP contribution in [-0.2, 0) is 5.54 Å². The van der Waals surface area contributed by atoms with E-state index in [2.05, 4.69) is 50.2 Å². The monoisotopic (exact) mass is 206 g/mol. The summed E-state index contributed by atoms with van der Waals surface area (Å²) >= 11 is 0. The molecule has 1 rings (SSSR count). The minimum absolute atomic E-state index is 0.209. The summed E-state index contributed by atoms with van der Waals surface area (Å²) < 4.78 is 0. The molecule has 0 bridgehead atoms. The fourth-order valence-electron chi connectivity index (χ4n) is 2.10. The maximum Gasteiger partial charge on any atom is 0.0538 e. The van der Waals surface area contributed by atoms with Crippen LogP contribution in [0.5, 0.6) is 0 Å². The molecule has 1 aromatic rings. The van der Waals surface area contributed by atoms with Crippen molar-refractivity contribution in [2.75, 3.05) is 20.6 Å². The fraction of sp³-hybridized carbons (Fsp3) is 0.538. The number of nitrogens with zero attached hydrogens (tertiary/aromatic N) is 1. The van der Waals surface area contributed by atoms with Gasteiger partial charge in [0.1, 0.15) is 0 Å². The summed E-state index contributed by atoms with van der Waals surface area (Å²) in [5, 5.41) is 0. The zero-order valence-corrected chi connectivity index (χ0v) is 10.0. The molecule has 0 radical (unpaired) electrons. The molecule has 0 aliphatic heterocycles. The second kappa shape index (κ2) is 5.29. The van der Waals surface area contributed by atoms with Crippen molar-refractivity contribution in [1.29, 1.82) is 0 Å². The largest absolute Gasteiger partial charge is 0.320 e. The molecule has 2 heteroatoms. The van der Waals surface area contributed by atoms with Crippen LogP contribution in [0, 0.1) is 0 Å². The Labute approximate surface area is 93.1 Å². The molecular formula is C13H22N2. The highest BCUT2D eigenvalue weighted by Gasteiger charge is 2.26. The lowest BCUT2D eigenvalue weighted by Crippen LogP contribution is -2.45. The standard InChI is InChI=1S/C13H22N2/c1-4-10-13(14,11-15(2)3)12-8-6-5-7-9-12/h5-9H,4,10-11,14H2,1-3H3. The maximum atomic E-state index is 6.49. The molecule has 1 unspecified atom stereocenters. The van der Waals surface area contributed by atoms with E-state index < -0.39 is 0 Å². The first kappa shape index (κ1) is 12.2. The highest BCUT2D eigenvalue weighted by Crippen LogP contribution is 2.24. The lowest BCUT2D eigenvalue weighted by molar-refractivity contribution is 0.270. The van der Waals surface area contributed by atoms with Gasteiger partial charge in [-0.25, -0.2) is 0 Å². The van der Waals surface area contributed by atoms with Crippen molar-refractivity contribution in [2.24, 2.45) is 5.73 Å². The molecule has 84 valence electrons. The van der Waals surface area contributed by atoms with E-state index in [1.807, 2.05) is 6.07 Å². The van der Waals surface area contributed by atoms with Gasteiger partial charge in [0.05, 0.1) is 5.54 Å². The van der Waals surface area contributed by atoms with Crippen LogP contribution in [0.25, 0.3) is 0 Å². The van der Waals surface area contributed by atoms with Crippen molar-refractivity contribution in [3.8, 4) is 0 Å². The summed E-state index contributed by atoms with van der Waals surface area (Å²) in [6, 6.07) is 10.4. The second-order valence-corrected chi connectivity index (χ2v) is 4.51. The van der Waals surface area contributed by atoms with Crippen LogP contribution in [0.15, 0.2) is 30.3 Å². The van der Waals surface area contributed by atoms with Gasteiger partial charge < -0.3 is 10.6 Å². The molecule has 0 spiro atoms. The summed E-state index contributed by atoms with van der Waals surface area (Å²) in [7, 11) is 4.14. The minimum Gasteiger partial charge on any atom is -0.320 e. The predicted octanol–water partition coefficient (Wildman–Crippen LogP) is 2.20. The third-order valence-electron chi connectivity index (χ3n) is 2.64. The minimum atomic E-state index is -0.209. The molecular weight excluding hydrogens is 184 g/mol. The lowest BCUT2D eigenvalue weighted by atomic mass is 9.86. The van der Waals surface area contributed by atoms with Crippen molar-refractivity contribution in [1.82, 2.24) is 4.90 Å². The second-order valence-electron chi connectivity index (χ2n) is 4.51. The number of hydrogen-bond donors (Lipinski definition) is 1. The summed E-state index contributed by atoms with van der Waals surface area (Å²) in [6.45, 7) is 3.07. The Morgan fingerprint density at radius 1 is 1.20 bits per heavy atom. The lowest BCUT2D eigenvalue weighted by Gasteiger charge is -2.32. The number of benzene rings is 1. The third-order valence-corrected chi connectivity index (χ3v) is 2.64. The molecule has 0 aliphatic carbocycles. The molecule has 0 aliphatic rings. The predicted molar refractivity (Wildman–Crippen MR) is 65.8 cm³/mol. The smallest absolute Gasteiger partial charge is 0.0538 e. The van der Waals surface area contributed by atoms with Gasteiger partial charge >= 0.3 is 0 Å². The molecule has 1 aromatic carbocycles. The van der Waals surface area contributed by atoms with Crippen LogP contribution in [0.2, 0.25) is 0 Å². The van der Waals surface area contributed by atoms with Crippen LogP contribution in [0.1, 0.15) is 25.3 Å². The molecule has 0 aromatic heterocycles. The summed E-state index contributed by atoms with van der Waals surface area (Å²) in [5.41, 5.74) is 7.52. The number of nitrogens with two attached hydrogens (primary N) is 1. The van der Waals surface area contributed by atoms with E-state index in [4.69, 9.17) is 5.73 Å². The van der Waals surface area contributed by atoms with Crippen molar-refractivity contribution >= 4 is 0 Å². The number of rotatable bonds is 5. The van der Waals surface area contributed by atoms with Gasteiger partial charge in [0.2, 0.25) is 0 Å². The SMILES string of the molecule is CCCC(N)(CN(C)C)c1ccccc1. The van der Waals surface area contributed by atoms with Crippen LogP contribution in [0.3, 0.4) is 0 Å². The molecule has 0 saturated carbocycles. The Bertz CT molecular complexity index is 282. The highest BCUT2D eigenvalue weighted by atomic mass is 15.1. The quantitative estimate of drug-likeness (QED) is 0.800. The molecule has 2 nitrogen and oxygen atoms in total. The van der Waals surface area contributed by atoms with Gasteiger partial charge in [-0.15, -0.1) is 0 Å². The Morgan fingerprint density at radius 3 is 2.27 bits per heavy atom. The molecule has 0 heterocycles. The molecule has 0 fully saturated rings. The number of likely N-dealkylation sites (N-methyl/N-ethyl adjacent to an activating group) is 1. The summed E-state index contributed by atoms with van der Waals surface area (Å²) in [6.07, 6.45) is 2.13. The van der Waals surface area contributed by atoms with E-state index in [9.17, 15) is 0 Å². The van der Waals surface area contributed by atoms with Gasteiger partial charge in [-0.2, -0.15) is 0 Å². The van der Waals surface area contributed by atoms with Crippen LogP contribution in [-0.4, -0.2) is 25.5 Å². The molecule has 15 heavy (non-hydrogen) atoms. The van der Waals surface area contributed by atoms with Gasteiger partial charge in [0.15, 0.2) is 0 Å². The van der Waals surface area contributed by atoms with Crippen molar-refractivity contribution in [3.05, 3.63) is 35.9 Å². The van der Waals surface area contributed by atoms with E-state index in [0.717, 1.165) is 19.4 Å². The fourth-order valence-corrected chi connectivity index (χ4v) is 2.10. The Balaban J connectivity index is 2.90. The summed E-state index contributed by atoms with van der Waals surface area (Å²) in [4.78, 5) is 2.16. The normalized spacial score (nSPS) is 15.3. The maximum absolute atomic E-state index is 6.49. The van der Waals surface area contributed by atoms with Gasteiger partial charge in [-0.1, -0.05) is 43.7 Å². The van der Waals surface area contributed by atoms with Crippen molar-refractivity contribution in [2.45, 2.75) is 25.3 Å². The number of hydrogen-bond acceptors (Lipinski definition) is 2. The Kier molecular flexibility index (Phi) is 4.30. The van der Waals surface area contributed by atoms with Gasteiger partial charge in [0, 0.05) is 6.54 Å². The molecule has 0 amide bonds. The van der Waals surface area contributed by atoms with Crippen molar-refractivity contribution < 1.29 is 0 Å². The summed E-state index contributed by atoms with van der Waals surface area (Å²) in [5.74, 6) is 0. The average Bonchev–Trinajstić information content (AvgIpc) is 2.18. The van der Waals surface area contributed by atoms with E-state index in [1.165, 1.54) is 5.56 Å². The van der Waals surface area contributed by atoms with Crippen LogP contribution >= 0.6 is 0 Å². The van der Waals surface area contributed by atoms with E-state index >= 15 is 0 Å². The van der Waals surface area contributed by atoms with Crippen LogP contribution in [0.4, 0.5) is 0 Å². The van der Waals surface area contributed by atoms with E-state index in [-0.39, 0.29) is 5.54 Å². The molecule has 2 N–H and O–H groups in total. The van der Waals surface area contributed by atoms with Gasteiger partial charge in [0.25, 0.3) is 0 Å². The Hall–Kier alpha value is -0.860. The molecule has 1 atom stereocenters. The first-order chi connectivity index (χ1) is 7.08. The highest BCUT2D eigenvalue weighted by molar-refractivity contribution is 5.24. The van der Waals surface area contributed by atoms with Gasteiger partial charge in [-0.05, 0) is 26.1 Å². The molecule has 0 saturated heterocycles. The zero-order chi connectivity index (χ0) is 11.3. The average molecular weight is 206 g/mol. The Morgan fingerprint density at radius 2 is 1.80 bits per heavy atom. The van der Waals surface area contributed by atoms with Gasteiger partial charge in [-0.3, -0.25) is 0 Å². The third kappa shape index (κ3) is 3.33. The first-order valence-electron chi connectivity index (χ1n) is 5.57. The van der Waals surface area contributed by atoms with Crippen LogP contribution < -0.4 is 5.73 Å².